The number of hydrogen-bond donors (Lipinski definition) is 2. The van der Waals surface area contributed by atoms with Crippen molar-refractivity contribution in [2.24, 2.45) is 0 Å². The van der Waals surface area contributed by atoms with E-state index in [2.05, 4.69) is 10.1 Å². The molecule has 9 heteroatoms. The van der Waals surface area contributed by atoms with Gasteiger partial charge in [-0.2, -0.15) is 0 Å². The standard InChI is InChI=1S/C15H18F3NO5/c1-14(2,3)24-13(22)19-11(12(20)21)8-9-4-6-10(7-5-9)23-15(16,17)18/h4-7,11H,8H2,1-3H3,(H,19,22)(H,20,21)/t11-/m0/s1. The Labute approximate surface area is 136 Å². The number of aliphatic carboxylic acids is 1. The maximum absolute atomic E-state index is 12.1. The minimum Gasteiger partial charge on any atom is -0.480 e. The van der Waals surface area contributed by atoms with Crippen molar-refractivity contribution < 1.29 is 37.3 Å². The van der Waals surface area contributed by atoms with E-state index in [0.717, 1.165) is 12.1 Å². The zero-order valence-electron chi connectivity index (χ0n) is 13.3. The van der Waals surface area contributed by atoms with E-state index < -0.39 is 35.8 Å². The van der Waals surface area contributed by atoms with E-state index in [1.54, 1.807) is 20.8 Å². The first-order valence-corrected chi connectivity index (χ1v) is 6.93. The van der Waals surface area contributed by atoms with Gasteiger partial charge in [0.2, 0.25) is 0 Å². The van der Waals surface area contributed by atoms with Gasteiger partial charge in [0, 0.05) is 6.42 Å². The Kier molecular flexibility index (Phi) is 6.05. The van der Waals surface area contributed by atoms with Crippen LogP contribution in [0.25, 0.3) is 0 Å². The van der Waals surface area contributed by atoms with E-state index in [4.69, 9.17) is 9.84 Å². The summed E-state index contributed by atoms with van der Waals surface area (Å²) in [6.07, 6.45) is -5.82. The smallest absolute Gasteiger partial charge is 0.480 e. The van der Waals surface area contributed by atoms with Crippen LogP contribution in [-0.2, 0) is 16.0 Å². The van der Waals surface area contributed by atoms with E-state index in [1.807, 2.05) is 0 Å². The van der Waals surface area contributed by atoms with Crippen LogP contribution in [0.1, 0.15) is 26.3 Å². The van der Waals surface area contributed by atoms with Crippen LogP contribution in [0.15, 0.2) is 24.3 Å². The fourth-order valence-corrected chi connectivity index (χ4v) is 1.71. The number of halogens is 3. The predicted molar refractivity (Wildman–Crippen MR) is 77.6 cm³/mol. The number of ether oxygens (including phenoxy) is 2. The van der Waals surface area contributed by atoms with E-state index in [1.165, 1.54) is 12.1 Å². The van der Waals surface area contributed by atoms with Crippen LogP contribution in [0.4, 0.5) is 18.0 Å². The van der Waals surface area contributed by atoms with Gasteiger partial charge in [0.1, 0.15) is 17.4 Å². The summed E-state index contributed by atoms with van der Waals surface area (Å²) < 4.78 is 44.9. The number of rotatable bonds is 5. The van der Waals surface area contributed by atoms with Crippen molar-refractivity contribution in [1.82, 2.24) is 5.32 Å². The molecule has 0 radical (unpaired) electrons. The van der Waals surface area contributed by atoms with Crippen LogP contribution in [0.3, 0.4) is 0 Å². The van der Waals surface area contributed by atoms with Gasteiger partial charge < -0.3 is 19.9 Å². The van der Waals surface area contributed by atoms with Crippen LogP contribution in [0, 0.1) is 0 Å². The third kappa shape index (κ3) is 7.70. The largest absolute Gasteiger partial charge is 0.573 e. The monoisotopic (exact) mass is 349 g/mol. The molecule has 0 aliphatic heterocycles. The summed E-state index contributed by atoms with van der Waals surface area (Å²) in [5.74, 6) is -1.71. The highest BCUT2D eigenvalue weighted by Crippen LogP contribution is 2.23. The summed E-state index contributed by atoms with van der Waals surface area (Å²) in [4.78, 5) is 22.8. The number of hydrogen-bond acceptors (Lipinski definition) is 4. The number of carbonyl (C=O) groups is 2. The zero-order chi connectivity index (χ0) is 18.5. The predicted octanol–water partition coefficient (Wildman–Crippen LogP) is 3.11. The van der Waals surface area contributed by atoms with Gasteiger partial charge in [0.15, 0.2) is 0 Å². The highest BCUT2D eigenvalue weighted by Gasteiger charge is 2.31. The number of alkyl carbamates (subject to hydrolysis) is 1. The third-order valence-electron chi connectivity index (χ3n) is 2.59. The van der Waals surface area contributed by atoms with Crippen molar-refractivity contribution >= 4 is 12.1 Å². The molecular formula is C15H18F3NO5. The lowest BCUT2D eigenvalue weighted by Crippen LogP contribution is -2.44. The van der Waals surface area contributed by atoms with E-state index in [0.29, 0.717) is 5.56 Å². The van der Waals surface area contributed by atoms with Crippen LogP contribution < -0.4 is 10.1 Å². The van der Waals surface area contributed by atoms with Crippen molar-refractivity contribution in [2.45, 2.75) is 45.2 Å². The Morgan fingerprint density at radius 1 is 1.17 bits per heavy atom. The molecule has 2 N–H and O–H groups in total. The maximum Gasteiger partial charge on any atom is 0.573 e. The van der Waals surface area contributed by atoms with Crippen molar-refractivity contribution in [2.75, 3.05) is 0 Å². The van der Waals surface area contributed by atoms with Crippen molar-refractivity contribution in [3.8, 4) is 5.75 Å². The fraction of sp³-hybridized carbons (Fsp3) is 0.467. The van der Waals surface area contributed by atoms with Crippen molar-refractivity contribution in [3.05, 3.63) is 29.8 Å². The Hall–Kier alpha value is -2.45. The number of nitrogens with one attached hydrogen (secondary N) is 1. The van der Waals surface area contributed by atoms with Gasteiger partial charge in [-0.3, -0.25) is 0 Å². The van der Waals surface area contributed by atoms with Crippen LogP contribution >= 0.6 is 0 Å². The summed E-state index contributed by atoms with van der Waals surface area (Å²) in [5.41, 5.74) is -0.378. The van der Waals surface area contributed by atoms with Crippen LogP contribution in [-0.4, -0.2) is 35.2 Å². The zero-order valence-corrected chi connectivity index (χ0v) is 13.3. The molecule has 0 heterocycles. The average Bonchev–Trinajstić information content (AvgIpc) is 2.36. The number of carboxylic acids is 1. The number of benzene rings is 1. The molecule has 0 spiro atoms. The van der Waals surface area contributed by atoms with Gasteiger partial charge in [-0.25, -0.2) is 9.59 Å². The van der Waals surface area contributed by atoms with E-state index in [9.17, 15) is 22.8 Å². The molecule has 0 fully saturated rings. The minimum absolute atomic E-state index is 0.124. The Bertz CT molecular complexity index is 578. The van der Waals surface area contributed by atoms with Crippen molar-refractivity contribution in [3.63, 3.8) is 0 Å². The first kappa shape index (κ1) is 19.6. The molecule has 1 rings (SSSR count). The quantitative estimate of drug-likeness (QED) is 0.853. The lowest BCUT2D eigenvalue weighted by molar-refractivity contribution is -0.274. The molecule has 0 unspecified atom stereocenters. The Morgan fingerprint density at radius 2 is 1.71 bits per heavy atom. The van der Waals surface area contributed by atoms with Gasteiger partial charge in [0.05, 0.1) is 0 Å². The molecule has 0 aliphatic carbocycles. The minimum atomic E-state index is -4.80. The molecule has 0 saturated heterocycles. The number of alkyl halides is 3. The average molecular weight is 349 g/mol. The number of amides is 1. The molecular weight excluding hydrogens is 331 g/mol. The molecule has 6 nitrogen and oxygen atoms in total. The maximum atomic E-state index is 12.1. The fourth-order valence-electron chi connectivity index (χ4n) is 1.71. The summed E-state index contributed by atoms with van der Waals surface area (Å²) in [5, 5.41) is 11.3. The first-order chi connectivity index (χ1) is 10.9. The Balaban J connectivity index is 2.72. The molecule has 0 aromatic heterocycles. The molecule has 24 heavy (non-hydrogen) atoms. The van der Waals surface area contributed by atoms with Gasteiger partial charge in [0.25, 0.3) is 0 Å². The summed E-state index contributed by atoms with van der Waals surface area (Å²) >= 11 is 0. The van der Waals surface area contributed by atoms with Gasteiger partial charge in [-0.15, -0.1) is 13.2 Å². The number of carboxylic acid groups (broad SMARTS) is 1. The first-order valence-electron chi connectivity index (χ1n) is 6.93. The second-order valence-electron chi connectivity index (χ2n) is 5.93. The highest BCUT2D eigenvalue weighted by molar-refractivity contribution is 5.80. The lowest BCUT2D eigenvalue weighted by Gasteiger charge is -2.22. The van der Waals surface area contributed by atoms with Crippen LogP contribution in [0.5, 0.6) is 5.75 Å². The molecule has 134 valence electrons. The molecule has 1 aromatic carbocycles. The molecule has 1 aromatic rings. The van der Waals surface area contributed by atoms with Gasteiger partial charge >= 0.3 is 18.4 Å². The van der Waals surface area contributed by atoms with Gasteiger partial charge in [-0.1, -0.05) is 12.1 Å². The molecule has 0 bridgehead atoms. The third-order valence-corrected chi connectivity index (χ3v) is 2.59. The van der Waals surface area contributed by atoms with Gasteiger partial charge in [-0.05, 0) is 38.5 Å². The topological polar surface area (TPSA) is 84.9 Å². The SMILES string of the molecule is CC(C)(C)OC(=O)N[C@@H](Cc1ccc(OC(F)(F)F)cc1)C(=O)O. The second-order valence-corrected chi connectivity index (χ2v) is 5.93. The molecule has 1 atom stereocenters. The number of carbonyl (C=O) groups excluding carboxylic acids is 1. The normalized spacial score (nSPS) is 13.1. The van der Waals surface area contributed by atoms with Crippen LogP contribution in [0.2, 0.25) is 0 Å². The molecule has 0 aliphatic rings. The Morgan fingerprint density at radius 3 is 2.12 bits per heavy atom. The molecule has 0 saturated carbocycles. The van der Waals surface area contributed by atoms with Crippen molar-refractivity contribution in [1.29, 1.82) is 0 Å². The molecule has 1 amide bonds. The van der Waals surface area contributed by atoms with E-state index in [-0.39, 0.29) is 6.42 Å². The lowest BCUT2D eigenvalue weighted by atomic mass is 10.1. The summed E-state index contributed by atoms with van der Waals surface area (Å²) in [6, 6.07) is 3.42. The second kappa shape index (κ2) is 7.41. The summed E-state index contributed by atoms with van der Waals surface area (Å²) in [7, 11) is 0. The highest BCUT2D eigenvalue weighted by atomic mass is 19.4. The summed E-state index contributed by atoms with van der Waals surface area (Å²) in [6.45, 7) is 4.88. The van der Waals surface area contributed by atoms with E-state index >= 15 is 0 Å².